The van der Waals surface area contributed by atoms with Gasteiger partial charge in [-0.05, 0) is 42.7 Å². The molecule has 0 saturated carbocycles. The summed E-state index contributed by atoms with van der Waals surface area (Å²) in [5.74, 6) is 0.968. The largest absolute Gasteiger partial charge is 0.486 e. The van der Waals surface area contributed by atoms with Gasteiger partial charge in [0.05, 0.1) is 12.2 Å². The van der Waals surface area contributed by atoms with Crippen molar-refractivity contribution in [1.82, 2.24) is 0 Å². The highest BCUT2D eigenvalue weighted by Crippen LogP contribution is 2.30. The van der Waals surface area contributed by atoms with E-state index in [1.807, 2.05) is 0 Å². The lowest BCUT2D eigenvalue weighted by atomic mass is 10.0. The molecule has 98 valence electrons. The monoisotopic (exact) mass is 253 g/mol. The van der Waals surface area contributed by atoms with Crippen LogP contribution in [0.5, 0.6) is 5.75 Å². The van der Waals surface area contributed by atoms with Crippen LogP contribution in [0.25, 0.3) is 0 Å². The van der Waals surface area contributed by atoms with Crippen LogP contribution in [0.4, 0.5) is 5.69 Å². The third kappa shape index (κ3) is 2.58. The minimum Gasteiger partial charge on any atom is -0.486 e. The molecule has 2 aromatic carbocycles. The molecule has 3 rings (SSSR count). The van der Waals surface area contributed by atoms with Gasteiger partial charge in [-0.3, -0.25) is 0 Å². The number of anilines is 1. The van der Waals surface area contributed by atoms with Crippen LogP contribution in [-0.2, 0) is 6.42 Å². The number of nitrogens with one attached hydrogen (secondary N) is 1. The third-order valence-corrected chi connectivity index (χ3v) is 3.66. The second-order valence-corrected chi connectivity index (χ2v) is 5.25. The molecule has 2 nitrogen and oxygen atoms in total. The van der Waals surface area contributed by atoms with Gasteiger partial charge in [0.2, 0.25) is 0 Å². The van der Waals surface area contributed by atoms with E-state index in [4.69, 9.17) is 4.74 Å². The Labute approximate surface area is 114 Å². The maximum Gasteiger partial charge on any atom is 0.142 e. The van der Waals surface area contributed by atoms with E-state index in [1.165, 1.54) is 16.7 Å². The summed E-state index contributed by atoms with van der Waals surface area (Å²) in [6, 6.07) is 14.8. The number of fused-ring (bicyclic) bond motifs is 1. The quantitative estimate of drug-likeness (QED) is 0.880. The molecule has 2 aromatic rings. The smallest absolute Gasteiger partial charge is 0.142 e. The SMILES string of the molecule is Cc1ccc2c(c1)NCC(Cc1ccccc1C)O2. The zero-order valence-corrected chi connectivity index (χ0v) is 11.4. The predicted molar refractivity (Wildman–Crippen MR) is 79.0 cm³/mol. The van der Waals surface area contributed by atoms with Crippen LogP contribution in [0, 0.1) is 13.8 Å². The molecule has 0 aliphatic carbocycles. The lowest BCUT2D eigenvalue weighted by Crippen LogP contribution is -2.32. The molecule has 1 atom stereocenters. The Morgan fingerprint density at radius 1 is 1.16 bits per heavy atom. The van der Waals surface area contributed by atoms with Crippen molar-refractivity contribution in [1.29, 1.82) is 0 Å². The maximum atomic E-state index is 6.08. The van der Waals surface area contributed by atoms with Crippen molar-refractivity contribution >= 4 is 5.69 Å². The lowest BCUT2D eigenvalue weighted by molar-refractivity contribution is 0.206. The summed E-state index contributed by atoms with van der Waals surface area (Å²) in [6.45, 7) is 5.12. The minimum atomic E-state index is 0.205. The van der Waals surface area contributed by atoms with E-state index in [1.54, 1.807) is 0 Å². The Morgan fingerprint density at radius 2 is 2.00 bits per heavy atom. The predicted octanol–water partition coefficient (Wildman–Crippen LogP) is 3.72. The molecular formula is C17H19NO. The number of hydrogen-bond donors (Lipinski definition) is 1. The fourth-order valence-electron chi connectivity index (χ4n) is 2.53. The Balaban J connectivity index is 1.76. The average molecular weight is 253 g/mol. The number of benzene rings is 2. The summed E-state index contributed by atoms with van der Waals surface area (Å²) in [4.78, 5) is 0. The number of ether oxygens (including phenoxy) is 1. The van der Waals surface area contributed by atoms with Gasteiger partial charge in [-0.1, -0.05) is 30.3 Å². The van der Waals surface area contributed by atoms with Crippen LogP contribution in [0.1, 0.15) is 16.7 Å². The number of aryl methyl sites for hydroxylation is 2. The standard InChI is InChI=1S/C17H19NO/c1-12-7-8-17-16(9-12)18-11-15(19-17)10-14-6-4-3-5-13(14)2/h3-9,15,18H,10-11H2,1-2H3. The summed E-state index contributed by atoms with van der Waals surface area (Å²) in [6.07, 6.45) is 1.16. The van der Waals surface area contributed by atoms with Gasteiger partial charge in [-0.15, -0.1) is 0 Å². The zero-order valence-electron chi connectivity index (χ0n) is 11.4. The highest BCUT2D eigenvalue weighted by molar-refractivity contribution is 5.59. The highest BCUT2D eigenvalue weighted by atomic mass is 16.5. The van der Waals surface area contributed by atoms with Gasteiger partial charge in [0.1, 0.15) is 11.9 Å². The van der Waals surface area contributed by atoms with Crippen LogP contribution < -0.4 is 10.1 Å². The average Bonchev–Trinajstić information content (AvgIpc) is 2.41. The van der Waals surface area contributed by atoms with Gasteiger partial charge in [0.25, 0.3) is 0 Å². The van der Waals surface area contributed by atoms with Gasteiger partial charge >= 0.3 is 0 Å². The molecule has 2 heteroatoms. The topological polar surface area (TPSA) is 21.3 Å². The molecule has 0 aromatic heterocycles. The van der Waals surface area contributed by atoms with E-state index in [-0.39, 0.29) is 6.10 Å². The fourth-order valence-corrected chi connectivity index (χ4v) is 2.53. The summed E-state index contributed by atoms with van der Waals surface area (Å²) >= 11 is 0. The van der Waals surface area contributed by atoms with Crippen LogP contribution in [0.15, 0.2) is 42.5 Å². The van der Waals surface area contributed by atoms with Crippen molar-refractivity contribution in [3.8, 4) is 5.75 Å². The molecule has 0 spiro atoms. The summed E-state index contributed by atoms with van der Waals surface area (Å²) < 4.78 is 6.08. The summed E-state index contributed by atoms with van der Waals surface area (Å²) in [5.41, 5.74) is 5.07. The second-order valence-electron chi connectivity index (χ2n) is 5.25. The van der Waals surface area contributed by atoms with Crippen molar-refractivity contribution in [2.45, 2.75) is 26.4 Å². The lowest BCUT2D eigenvalue weighted by Gasteiger charge is -2.28. The first-order chi connectivity index (χ1) is 9.22. The van der Waals surface area contributed by atoms with Gasteiger partial charge in [-0.2, -0.15) is 0 Å². The molecule has 0 bridgehead atoms. The molecule has 1 aliphatic heterocycles. The van der Waals surface area contributed by atoms with E-state index >= 15 is 0 Å². The number of hydrogen-bond acceptors (Lipinski definition) is 2. The highest BCUT2D eigenvalue weighted by Gasteiger charge is 2.19. The van der Waals surface area contributed by atoms with Gasteiger partial charge < -0.3 is 10.1 Å². The van der Waals surface area contributed by atoms with E-state index in [0.29, 0.717) is 0 Å². The molecule has 0 radical (unpaired) electrons. The summed E-state index contributed by atoms with van der Waals surface area (Å²) in [7, 11) is 0. The Hall–Kier alpha value is -1.96. The van der Waals surface area contributed by atoms with Crippen molar-refractivity contribution in [2.24, 2.45) is 0 Å². The first kappa shape index (κ1) is 12.1. The molecule has 1 aliphatic rings. The van der Waals surface area contributed by atoms with Crippen molar-refractivity contribution in [3.05, 3.63) is 59.2 Å². The van der Waals surface area contributed by atoms with E-state index in [9.17, 15) is 0 Å². The third-order valence-electron chi connectivity index (χ3n) is 3.66. The van der Waals surface area contributed by atoms with Crippen LogP contribution in [-0.4, -0.2) is 12.6 Å². The van der Waals surface area contributed by atoms with Crippen LogP contribution >= 0.6 is 0 Å². The normalized spacial score (nSPS) is 17.3. The Morgan fingerprint density at radius 3 is 2.84 bits per heavy atom. The molecule has 1 unspecified atom stereocenters. The molecule has 1 heterocycles. The maximum absolute atomic E-state index is 6.08. The molecule has 0 saturated heterocycles. The summed E-state index contributed by atoms with van der Waals surface area (Å²) in [5, 5.41) is 3.47. The van der Waals surface area contributed by atoms with Crippen LogP contribution in [0.2, 0.25) is 0 Å². The van der Waals surface area contributed by atoms with Gasteiger partial charge in [0.15, 0.2) is 0 Å². The molecular weight excluding hydrogens is 234 g/mol. The van der Waals surface area contributed by atoms with Crippen LogP contribution in [0.3, 0.4) is 0 Å². The molecule has 0 amide bonds. The van der Waals surface area contributed by atoms with Gasteiger partial charge in [0, 0.05) is 6.42 Å². The fraction of sp³-hybridized carbons (Fsp3) is 0.294. The zero-order chi connectivity index (χ0) is 13.2. The minimum absolute atomic E-state index is 0.205. The molecule has 19 heavy (non-hydrogen) atoms. The second kappa shape index (κ2) is 4.96. The Kier molecular flexibility index (Phi) is 3.16. The van der Waals surface area contributed by atoms with E-state index in [2.05, 4.69) is 61.6 Å². The first-order valence-electron chi connectivity index (χ1n) is 6.78. The molecule has 1 N–H and O–H groups in total. The van der Waals surface area contributed by atoms with Crippen molar-refractivity contribution in [2.75, 3.05) is 11.9 Å². The van der Waals surface area contributed by atoms with Crippen molar-refractivity contribution in [3.63, 3.8) is 0 Å². The number of rotatable bonds is 2. The van der Waals surface area contributed by atoms with Crippen molar-refractivity contribution < 1.29 is 4.74 Å². The van der Waals surface area contributed by atoms with E-state index in [0.717, 1.165) is 24.4 Å². The molecule has 0 fully saturated rings. The van der Waals surface area contributed by atoms with E-state index < -0.39 is 0 Å². The van der Waals surface area contributed by atoms with Gasteiger partial charge in [-0.25, -0.2) is 0 Å². The first-order valence-corrected chi connectivity index (χ1v) is 6.78. The Bertz CT molecular complexity index is 592.